The molecule has 12 heteroatoms. The molecular weight excluding hydrogens is 635 g/mol. The third-order valence-electron chi connectivity index (χ3n) is 9.58. The van der Waals surface area contributed by atoms with E-state index in [9.17, 15) is 9.59 Å². The van der Waals surface area contributed by atoms with E-state index in [2.05, 4.69) is 44.3 Å². The lowest BCUT2D eigenvalue weighted by Crippen LogP contribution is -2.48. The van der Waals surface area contributed by atoms with E-state index in [4.69, 9.17) is 9.72 Å². The van der Waals surface area contributed by atoms with Crippen molar-refractivity contribution in [2.45, 2.75) is 84.7 Å². The molecular formula is C38H49FN8O3. The molecule has 2 aliphatic rings. The van der Waals surface area contributed by atoms with Crippen LogP contribution in [0, 0.1) is 5.82 Å². The summed E-state index contributed by atoms with van der Waals surface area (Å²) in [6, 6.07) is 13.5. The minimum absolute atomic E-state index is 0.179. The molecule has 11 nitrogen and oxygen atoms in total. The maximum Gasteiger partial charge on any atom is 0.229 e. The van der Waals surface area contributed by atoms with Gasteiger partial charge in [0.2, 0.25) is 11.8 Å². The highest BCUT2D eigenvalue weighted by Gasteiger charge is 2.23. The molecule has 1 atom stereocenters. The predicted octanol–water partition coefficient (Wildman–Crippen LogP) is 4.53. The molecule has 0 bridgehead atoms. The van der Waals surface area contributed by atoms with Crippen molar-refractivity contribution in [2.75, 3.05) is 38.2 Å². The fourth-order valence-corrected chi connectivity index (χ4v) is 6.91. The molecule has 0 spiro atoms. The molecule has 0 unspecified atom stereocenters. The van der Waals surface area contributed by atoms with Gasteiger partial charge in [-0.25, -0.2) is 14.1 Å². The Labute approximate surface area is 293 Å². The highest BCUT2D eigenvalue weighted by Crippen LogP contribution is 2.31. The Morgan fingerprint density at radius 1 is 1.04 bits per heavy atom. The second kappa shape index (κ2) is 16.5. The number of piperazine rings is 1. The Bertz CT molecular complexity index is 1800. The fraction of sp³-hybridized carbons (Fsp3) is 0.474. The first-order valence-electron chi connectivity index (χ1n) is 17.9. The summed E-state index contributed by atoms with van der Waals surface area (Å²) in [7, 11) is 0. The van der Waals surface area contributed by atoms with Crippen LogP contribution in [-0.2, 0) is 46.9 Å². The first-order valence-corrected chi connectivity index (χ1v) is 17.9. The van der Waals surface area contributed by atoms with Gasteiger partial charge in [0, 0.05) is 87.9 Å². The first kappa shape index (κ1) is 35.4. The number of nitrogens with zero attached hydrogens (tertiary/aromatic N) is 4. The number of ether oxygens (including phenoxy) is 1. The number of nitrogens with one attached hydrogen (secondary N) is 4. The zero-order valence-electron chi connectivity index (χ0n) is 29.4. The standard InChI is InChI=1S/C38H49FN8O3/c1-4-34-31(37(44-29-11-15-50-16-12-29)32-22-43-47(5-2)38(32)45-34)21-42-36(49)19-35(48)41-20-26-9-10-33(39)30(18-26)28-8-6-7-27(17-28)24-46-14-13-40-25(3)23-46/h6-10,17-18,22,25,29,40H,4-5,11-16,19-21,23-24H2,1-3H3,(H,41,48)(H,42,49)(H,44,45)/t25-/m0/s1. The summed E-state index contributed by atoms with van der Waals surface area (Å²) < 4.78 is 22.5. The number of carbonyl (C=O) groups is 2. The molecule has 50 heavy (non-hydrogen) atoms. The number of aromatic nitrogens is 3. The van der Waals surface area contributed by atoms with E-state index < -0.39 is 5.91 Å². The first-order chi connectivity index (χ1) is 24.3. The molecule has 0 saturated carbocycles. The summed E-state index contributed by atoms with van der Waals surface area (Å²) in [5, 5.41) is 18.4. The van der Waals surface area contributed by atoms with E-state index in [-0.39, 0.29) is 37.3 Å². The van der Waals surface area contributed by atoms with Gasteiger partial charge in [0.15, 0.2) is 5.65 Å². The highest BCUT2D eigenvalue weighted by molar-refractivity contribution is 5.97. The van der Waals surface area contributed by atoms with Crippen LogP contribution in [0.15, 0.2) is 48.7 Å². The van der Waals surface area contributed by atoms with Crippen LogP contribution in [0.2, 0.25) is 0 Å². The molecule has 2 fully saturated rings. The monoisotopic (exact) mass is 684 g/mol. The summed E-state index contributed by atoms with van der Waals surface area (Å²) in [4.78, 5) is 33.2. The molecule has 2 aliphatic heterocycles. The van der Waals surface area contributed by atoms with Crippen LogP contribution in [-0.4, -0.2) is 76.4 Å². The lowest BCUT2D eigenvalue weighted by molar-refractivity contribution is -0.129. The number of halogens is 1. The van der Waals surface area contributed by atoms with Crippen molar-refractivity contribution in [3.05, 3.63) is 76.9 Å². The lowest BCUT2D eigenvalue weighted by Gasteiger charge is -2.31. The topological polar surface area (TPSA) is 125 Å². The van der Waals surface area contributed by atoms with Crippen LogP contribution in [0.25, 0.3) is 22.2 Å². The predicted molar refractivity (Wildman–Crippen MR) is 193 cm³/mol. The third-order valence-corrected chi connectivity index (χ3v) is 9.58. The summed E-state index contributed by atoms with van der Waals surface area (Å²) in [5.74, 6) is -1.12. The maximum absolute atomic E-state index is 15.0. The van der Waals surface area contributed by atoms with Gasteiger partial charge < -0.3 is 26.0 Å². The van der Waals surface area contributed by atoms with Crippen molar-refractivity contribution in [1.82, 2.24) is 35.6 Å². The van der Waals surface area contributed by atoms with Crippen LogP contribution in [0.1, 0.15) is 62.4 Å². The Hall–Kier alpha value is -4.39. The molecule has 2 saturated heterocycles. The number of aryl methyl sites for hydroxylation is 2. The Balaban J connectivity index is 1.07. The van der Waals surface area contributed by atoms with Crippen LogP contribution in [0.4, 0.5) is 10.1 Å². The largest absolute Gasteiger partial charge is 0.381 e. The molecule has 6 rings (SSSR count). The molecule has 2 aromatic heterocycles. The van der Waals surface area contributed by atoms with Gasteiger partial charge in [-0.15, -0.1) is 0 Å². The van der Waals surface area contributed by atoms with E-state index in [1.165, 1.54) is 6.07 Å². The Morgan fingerprint density at radius 3 is 2.60 bits per heavy atom. The van der Waals surface area contributed by atoms with Crippen molar-refractivity contribution in [2.24, 2.45) is 0 Å². The summed E-state index contributed by atoms with van der Waals surface area (Å²) in [6.45, 7) is 12.5. The van der Waals surface area contributed by atoms with Crippen LogP contribution in [0.5, 0.6) is 0 Å². The van der Waals surface area contributed by atoms with Gasteiger partial charge >= 0.3 is 0 Å². The van der Waals surface area contributed by atoms with Crippen molar-refractivity contribution < 1.29 is 18.7 Å². The zero-order valence-corrected chi connectivity index (χ0v) is 29.4. The second-order valence-corrected chi connectivity index (χ2v) is 13.3. The van der Waals surface area contributed by atoms with Gasteiger partial charge in [0.05, 0.1) is 17.3 Å². The van der Waals surface area contributed by atoms with Crippen molar-refractivity contribution >= 4 is 28.5 Å². The number of hydrogen-bond acceptors (Lipinski definition) is 8. The zero-order chi connectivity index (χ0) is 35.0. The fourth-order valence-electron chi connectivity index (χ4n) is 6.91. The second-order valence-electron chi connectivity index (χ2n) is 13.3. The summed E-state index contributed by atoms with van der Waals surface area (Å²) >= 11 is 0. The molecule has 4 aromatic rings. The van der Waals surface area contributed by atoms with Gasteiger partial charge in [-0.05, 0) is 68.0 Å². The number of anilines is 1. The van der Waals surface area contributed by atoms with Crippen molar-refractivity contribution in [3.8, 4) is 11.1 Å². The van der Waals surface area contributed by atoms with Gasteiger partial charge in [-0.3, -0.25) is 14.5 Å². The lowest BCUT2D eigenvalue weighted by atomic mass is 10.00. The average Bonchev–Trinajstić information content (AvgIpc) is 3.54. The molecule has 2 aromatic carbocycles. The number of amides is 2. The van der Waals surface area contributed by atoms with E-state index in [0.29, 0.717) is 37.8 Å². The molecule has 0 aliphatic carbocycles. The number of hydrogen-bond donors (Lipinski definition) is 4. The van der Waals surface area contributed by atoms with Crippen molar-refractivity contribution in [3.63, 3.8) is 0 Å². The van der Waals surface area contributed by atoms with Gasteiger partial charge in [0.25, 0.3) is 0 Å². The molecule has 4 heterocycles. The van der Waals surface area contributed by atoms with Crippen molar-refractivity contribution in [1.29, 1.82) is 0 Å². The average molecular weight is 685 g/mol. The SMILES string of the molecule is CCc1nc2c(cnn2CC)c(NC2CCOCC2)c1CNC(=O)CC(=O)NCc1ccc(F)c(-c2cccc(CN3CCN[C@@H](C)C3)c2)c1. The number of rotatable bonds is 13. The number of fused-ring (bicyclic) bond motifs is 1. The summed E-state index contributed by atoms with van der Waals surface area (Å²) in [5.41, 5.74) is 6.68. The van der Waals surface area contributed by atoms with Crippen LogP contribution >= 0.6 is 0 Å². The smallest absolute Gasteiger partial charge is 0.229 e. The molecule has 266 valence electrons. The normalized spacial score (nSPS) is 17.2. The van der Waals surface area contributed by atoms with E-state index in [1.54, 1.807) is 12.1 Å². The number of benzene rings is 2. The molecule has 0 radical (unpaired) electrons. The minimum atomic E-state index is -0.408. The van der Waals surface area contributed by atoms with Crippen LogP contribution in [0.3, 0.4) is 0 Å². The highest BCUT2D eigenvalue weighted by atomic mass is 19.1. The number of carbonyl (C=O) groups excluding carboxylic acids is 2. The van der Waals surface area contributed by atoms with E-state index >= 15 is 4.39 Å². The van der Waals surface area contributed by atoms with Crippen LogP contribution < -0.4 is 21.3 Å². The van der Waals surface area contributed by atoms with E-state index in [1.807, 2.05) is 42.9 Å². The van der Waals surface area contributed by atoms with Gasteiger partial charge in [0.1, 0.15) is 12.2 Å². The maximum atomic E-state index is 15.0. The van der Waals surface area contributed by atoms with E-state index in [0.717, 1.165) is 83.7 Å². The molecule has 4 N–H and O–H groups in total. The third kappa shape index (κ3) is 8.66. The quantitative estimate of drug-likeness (QED) is 0.152. The summed E-state index contributed by atoms with van der Waals surface area (Å²) in [6.07, 6.45) is 3.96. The Kier molecular flexibility index (Phi) is 11.7. The van der Waals surface area contributed by atoms with Gasteiger partial charge in [-0.1, -0.05) is 31.2 Å². The molecule has 2 amide bonds. The minimum Gasteiger partial charge on any atom is -0.381 e. The Morgan fingerprint density at radius 2 is 1.84 bits per heavy atom. The number of pyridine rings is 1. The van der Waals surface area contributed by atoms with Gasteiger partial charge in [-0.2, -0.15) is 5.10 Å².